The highest BCUT2D eigenvalue weighted by Crippen LogP contribution is 2.02. The molecule has 2 N–H and O–H groups in total. The third kappa shape index (κ3) is 5.37. The number of hydrogen-bond acceptors (Lipinski definition) is 3. The molecule has 104 valence electrons. The molecule has 2 amide bonds. The summed E-state index contributed by atoms with van der Waals surface area (Å²) in [5.41, 5.74) is 0.784. The number of aliphatic carboxylic acids is 1. The summed E-state index contributed by atoms with van der Waals surface area (Å²) in [4.78, 5) is 28.1. The van der Waals surface area contributed by atoms with Gasteiger partial charge in [-0.15, -0.1) is 0 Å². The fraction of sp³-hybridized carbons (Fsp3) is 0.462. The predicted molar refractivity (Wildman–Crippen MR) is 70.6 cm³/mol. The topological polar surface area (TPSA) is 82.5 Å². The number of carbonyl (C=O) groups excluding carboxylic acids is 1. The second-order valence-corrected chi connectivity index (χ2v) is 4.33. The van der Waals surface area contributed by atoms with Crippen LogP contribution in [0.15, 0.2) is 24.4 Å². The van der Waals surface area contributed by atoms with Crippen molar-refractivity contribution < 1.29 is 14.7 Å². The average molecular weight is 265 g/mol. The maximum atomic E-state index is 11.9. The molecule has 1 unspecified atom stereocenters. The lowest BCUT2D eigenvalue weighted by Crippen LogP contribution is -2.43. The van der Waals surface area contributed by atoms with Gasteiger partial charge in [0.05, 0.1) is 18.7 Å². The molecule has 0 aliphatic heterocycles. The molecule has 1 aromatic rings. The van der Waals surface area contributed by atoms with E-state index in [1.54, 1.807) is 13.2 Å². The molecular weight excluding hydrogens is 246 g/mol. The van der Waals surface area contributed by atoms with Crippen LogP contribution in [-0.4, -0.2) is 40.1 Å². The third-order valence-corrected chi connectivity index (χ3v) is 2.71. The molecule has 1 aromatic heterocycles. The van der Waals surface area contributed by atoms with E-state index in [9.17, 15) is 9.59 Å². The van der Waals surface area contributed by atoms with Crippen LogP contribution in [0.4, 0.5) is 4.79 Å². The Kier molecular flexibility index (Phi) is 5.78. The molecule has 1 rings (SSSR count). The molecule has 6 nitrogen and oxygen atoms in total. The van der Waals surface area contributed by atoms with E-state index in [0.29, 0.717) is 13.0 Å². The lowest BCUT2D eigenvalue weighted by molar-refractivity contribution is -0.137. The largest absolute Gasteiger partial charge is 0.481 e. The van der Waals surface area contributed by atoms with Crippen molar-refractivity contribution in [2.75, 3.05) is 7.05 Å². The predicted octanol–water partition coefficient (Wildman–Crippen LogP) is 1.48. The summed E-state index contributed by atoms with van der Waals surface area (Å²) in [7, 11) is 1.65. The molecule has 0 saturated carbocycles. The number of hydrogen-bond donors (Lipinski definition) is 2. The number of rotatable bonds is 6. The first-order valence-electron chi connectivity index (χ1n) is 6.16. The SMILES string of the molecule is CCC(CC(=O)O)NC(=O)N(C)Cc1ccccn1. The summed E-state index contributed by atoms with van der Waals surface area (Å²) in [6.45, 7) is 2.23. The van der Waals surface area contributed by atoms with Crippen LogP contribution in [0.2, 0.25) is 0 Å². The highest BCUT2D eigenvalue weighted by molar-refractivity contribution is 5.75. The van der Waals surface area contributed by atoms with Crippen LogP contribution in [0.5, 0.6) is 0 Å². The Balaban J connectivity index is 2.50. The summed E-state index contributed by atoms with van der Waals surface area (Å²) in [5.74, 6) is -0.917. The molecule has 1 heterocycles. The lowest BCUT2D eigenvalue weighted by atomic mass is 10.1. The van der Waals surface area contributed by atoms with Crippen molar-refractivity contribution in [2.24, 2.45) is 0 Å². The van der Waals surface area contributed by atoms with Crippen molar-refractivity contribution in [3.63, 3.8) is 0 Å². The Morgan fingerprint density at radius 1 is 1.47 bits per heavy atom. The maximum Gasteiger partial charge on any atom is 0.317 e. The van der Waals surface area contributed by atoms with Crippen LogP contribution in [-0.2, 0) is 11.3 Å². The third-order valence-electron chi connectivity index (χ3n) is 2.71. The van der Waals surface area contributed by atoms with Crippen LogP contribution in [0.3, 0.4) is 0 Å². The van der Waals surface area contributed by atoms with Gasteiger partial charge in [-0.25, -0.2) is 4.79 Å². The minimum atomic E-state index is -0.917. The minimum Gasteiger partial charge on any atom is -0.481 e. The first-order valence-corrected chi connectivity index (χ1v) is 6.16. The highest BCUT2D eigenvalue weighted by Gasteiger charge is 2.16. The molecule has 0 bridgehead atoms. The average Bonchev–Trinajstić information content (AvgIpc) is 2.38. The monoisotopic (exact) mass is 265 g/mol. The Morgan fingerprint density at radius 2 is 2.21 bits per heavy atom. The van der Waals surface area contributed by atoms with E-state index in [4.69, 9.17) is 5.11 Å². The zero-order chi connectivity index (χ0) is 14.3. The zero-order valence-corrected chi connectivity index (χ0v) is 11.2. The molecule has 0 aromatic carbocycles. The summed E-state index contributed by atoms with van der Waals surface area (Å²) >= 11 is 0. The van der Waals surface area contributed by atoms with Gasteiger partial charge >= 0.3 is 12.0 Å². The van der Waals surface area contributed by atoms with Gasteiger partial charge in [0.1, 0.15) is 0 Å². The maximum absolute atomic E-state index is 11.9. The van der Waals surface area contributed by atoms with Gasteiger partial charge in [0.2, 0.25) is 0 Å². The number of carbonyl (C=O) groups is 2. The first-order chi connectivity index (χ1) is 9.02. The van der Waals surface area contributed by atoms with Gasteiger partial charge in [0, 0.05) is 19.3 Å². The molecule has 6 heteroatoms. The van der Waals surface area contributed by atoms with E-state index in [2.05, 4.69) is 10.3 Å². The minimum absolute atomic E-state index is 0.0698. The summed E-state index contributed by atoms with van der Waals surface area (Å²) in [5, 5.41) is 11.4. The van der Waals surface area contributed by atoms with Gasteiger partial charge in [0.15, 0.2) is 0 Å². The normalized spacial score (nSPS) is 11.7. The molecule has 0 aliphatic carbocycles. The Hall–Kier alpha value is -2.11. The van der Waals surface area contributed by atoms with Crippen LogP contribution in [0.25, 0.3) is 0 Å². The van der Waals surface area contributed by atoms with Crippen molar-refractivity contribution in [2.45, 2.75) is 32.4 Å². The van der Waals surface area contributed by atoms with Gasteiger partial charge < -0.3 is 15.3 Å². The molecular formula is C13H19N3O3. The standard InChI is InChI=1S/C13H19N3O3/c1-3-10(8-12(17)18)15-13(19)16(2)9-11-6-4-5-7-14-11/h4-7,10H,3,8-9H2,1-2H3,(H,15,19)(H,17,18). The van der Waals surface area contributed by atoms with E-state index in [0.717, 1.165) is 5.69 Å². The van der Waals surface area contributed by atoms with E-state index >= 15 is 0 Å². The van der Waals surface area contributed by atoms with Crippen LogP contribution in [0.1, 0.15) is 25.5 Å². The molecule has 0 radical (unpaired) electrons. The van der Waals surface area contributed by atoms with E-state index in [1.165, 1.54) is 4.90 Å². The van der Waals surface area contributed by atoms with Gasteiger partial charge in [0.25, 0.3) is 0 Å². The zero-order valence-electron chi connectivity index (χ0n) is 11.2. The van der Waals surface area contributed by atoms with Crippen molar-refractivity contribution in [1.82, 2.24) is 15.2 Å². The number of nitrogens with one attached hydrogen (secondary N) is 1. The molecule has 0 aliphatic rings. The molecule has 0 fully saturated rings. The van der Waals surface area contributed by atoms with Gasteiger partial charge in [-0.05, 0) is 18.6 Å². The van der Waals surface area contributed by atoms with Gasteiger partial charge in [-0.1, -0.05) is 13.0 Å². The number of aromatic nitrogens is 1. The second kappa shape index (κ2) is 7.35. The lowest BCUT2D eigenvalue weighted by Gasteiger charge is -2.21. The molecule has 0 saturated heterocycles. The second-order valence-electron chi connectivity index (χ2n) is 4.33. The number of nitrogens with zero attached hydrogens (tertiary/aromatic N) is 2. The molecule has 0 spiro atoms. The first kappa shape index (κ1) is 14.9. The number of carboxylic acid groups (broad SMARTS) is 1. The van der Waals surface area contributed by atoms with Crippen molar-refractivity contribution in [1.29, 1.82) is 0 Å². The quantitative estimate of drug-likeness (QED) is 0.816. The molecule has 19 heavy (non-hydrogen) atoms. The summed E-state index contributed by atoms with van der Waals surface area (Å²) in [6, 6.07) is 4.85. The van der Waals surface area contributed by atoms with Crippen LogP contribution < -0.4 is 5.32 Å². The molecule has 1 atom stereocenters. The fourth-order valence-corrected chi connectivity index (χ4v) is 1.60. The smallest absolute Gasteiger partial charge is 0.317 e. The van der Waals surface area contributed by atoms with E-state index < -0.39 is 5.97 Å². The summed E-state index contributed by atoms with van der Waals surface area (Å²) < 4.78 is 0. The van der Waals surface area contributed by atoms with E-state index in [1.807, 2.05) is 25.1 Å². The van der Waals surface area contributed by atoms with Crippen molar-refractivity contribution >= 4 is 12.0 Å². The van der Waals surface area contributed by atoms with Crippen molar-refractivity contribution in [3.05, 3.63) is 30.1 Å². The number of amides is 2. The Labute approximate surface area is 112 Å². The fourth-order valence-electron chi connectivity index (χ4n) is 1.60. The number of pyridine rings is 1. The highest BCUT2D eigenvalue weighted by atomic mass is 16.4. The van der Waals surface area contributed by atoms with Crippen LogP contribution in [0, 0.1) is 0 Å². The number of carboxylic acids is 1. The summed E-state index contributed by atoms with van der Waals surface area (Å²) in [6.07, 6.45) is 2.18. The Bertz CT molecular complexity index is 422. The number of urea groups is 1. The van der Waals surface area contributed by atoms with Crippen molar-refractivity contribution in [3.8, 4) is 0 Å². The van der Waals surface area contributed by atoms with E-state index in [-0.39, 0.29) is 18.5 Å². The van der Waals surface area contributed by atoms with Crippen LogP contribution >= 0.6 is 0 Å². The van der Waals surface area contributed by atoms with Gasteiger partial charge in [-0.3, -0.25) is 9.78 Å². The Morgan fingerprint density at radius 3 is 2.74 bits per heavy atom. The van der Waals surface area contributed by atoms with Gasteiger partial charge in [-0.2, -0.15) is 0 Å².